The molecule has 0 heterocycles. The van der Waals surface area contributed by atoms with Crippen LogP contribution < -0.4 is 0 Å². The Morgan fingerprint density at radius 3 is 1.76 bits per heavy atom. The largest absolute Gasteiger partial charge is 0.492 e. The lowest BCUT2D eigenvalue weighted by Crippen LogP contribution is -2.12. The van der Waals surface area contributed by atoms with Crippen LogP contribution in [0.15, 0.2) is 72.7 Å². The second-order valence-electron chi connectivity index (χ2n) is 8.37. The minimum Gasteiger partial charge on any atom is -0.492 e. The molecule has 4 nitrogen and oxygen atoms in total. The van der Waals surface area contributed by atoms with Gasteiger partial charge >= 0.3 is 5.97 Å². The third-order valence-corrected chi connectivity index (χ3v) is 5.45. The van der Waals surface area contributed by atoms with E-state index in [9.17, 15) is 4.79 Å². The zero-order valence-corrected chi connectivity index (χ0v) is 20.2. The minimum absolute atomic E-state index is 0.0989. The number of carbonyl (C=O) groups excluding carboxylic acids is 1. The molecule has 2 rings (SSSR count). The van der Waals surface area contributed by atoms with Crippen LogP contribution in [0.5, 0.6) is 0 Å². The molecule has 0 aromatic heterocycles. The number of hydrogen-bond acceptors (Lipinski definition) is 4. The van der Waals surface area contributed by atoms with Crippen molar-refractivity contribution in [1.82, 2.24) is 0 Å². The number of hydrogen-bond donors (Lipinski definition) is 0. The third-order valence-electron chi connectivity index (χ3n) is 5.45. The molecule has 0 aliphatic carbocycles. The van der Waals surface area contributed by atoms with Crippen LogP contribution in [0.1, 0.15) is 82.3 Å². The average molecular weight is 453 g/mol. The molecule has 4 heteroatoms. The fraction of sp³-hybridized carbons (Fsp3) is 0.483. The molecule has 0 spiro atoms. The number of unbranched alkanes of at least 4 members (excludes halogenated alkanes) is 9. The lowest BCUT2D eigenvalue weighted by Gasteiger charge is -2.11. The van der Waals surface area contributed by atoms with Crippen LogP contribution in [-0.2, 0) is 32.2 Å². The molecule has 0 saturated heterocycles. The molecule has 0 radical (unpaired) electrons. The van der Waals surface area contributed by atoms with Gasteiger partial charge in [0, 0.05) is 0 Å². The molecule has 0 aliphatic heterocycles. The lowest BCUT2D eigenvalue weighted by atomic mass is 10.1. The van der Waals surface area contributed by atoms with E-state index in [0.29, 0.717) is 13.2 Å². The van der Waals surface area contributed by atoms with Crippen LogP contribution in [-0.4, -0.2) is 12.6 Å². The summed E-state index contributed by atoms with van der Waals surface area (Å²) in [6.45, 7) is 3.30. The van der Waals surface area contributed by atoms with Gasteiger partial charge in [-0.25, -0.2) is 4.79 Å². The molecule has 33 heavy (non-hydrogen) atoms. The summed E-state index contributed by atoms with van der Waals surface area (Å²) in [5, 5.41) is 0. The maximum Gasteiger partial charge on any atom is 0.376 e. The lowest BCUT2D eigenvalue weighted by molar-refractivity contribution is -0.143. The number of carbonyl (C=O) groups is 1. The Labute approximate surface area is 200 Å². The molecule has 0 atom stereocenters. The van der Waals surface area contributed by atoms with Gasteiger partial charge in [-0.15, -0.1) is 0 Å². The Hall–Kier alpha value is -2.75. The number of esters is 1. The molecular formula is C29H40O4. The maximum atomic E-state index is 12.6. The summed E-state index contributed by atoms with van der Waals surface area (Å²) >= 11 is 0. The Bertz CT molecular complexity index is 771. The molecule has 0 amide bonds. The van der Waals surface area contributed by atoms with E-state index in [1.165, 1.54) is 57.6 Å². The zero-order chi connectivity index (χ0) is 23.4. The standard InChI is InChI=1S/C29H40O4/c1-2-3-4-5-6-7-8-9-10-17-22-32-29(30)28(33-24-27-20-15-12-16-21-27)25-31-23-26-18-13-11-14-19-26/h11-16,18-21,25H,2-10,17,22-24H2,1H3/b28-25+. The highest BCUT2D eigenvalue weighted by Gasteiger charge is 2.14. The van der Waals surface area contributed by atoms with Crippen molar-refractivity contribution in [2.45, 2.75) is 84.3 Å². The normalized spacial score (nSPS) is 11.2. The van der Waals surface area contributed by atoms with Gasteiger partial charge in [-0.1, -0.05) is 125 Å². The number of benzene rings is 2. The summed E-state index contributed by atoms with van der Waals surface area (Å²) < 4.78 is 16.8. The van der Waals surface area contributed by atoms with Gasteiger partial charge in [0.15, 0.2) is 0 Å². The summed E-state index contributed by atoms with van der Waals surface area (Å²) in [5.74, 6) is -0.378. The smallest absolute Gasteiger partial charge is 0.376 e. The second kappa shape index (κ2) is 17.8. The van der Waals surface area contributed by atoms with Gasteiger partial charge in [0.1, 0.15) is 19.5 Å². The summed E-state index contributed by atoms with van der Waals surface area (Å²) in [6.07, 6.45) is 13.8. The molecule has 0 N–H and O–H groups in total. The van der Waals surface area contributed by atoms with Crippen molar-refractivity contribution < 1.29 is 19.0 Å². The van der Waals surface area contributed by atoms with Crippen LogP contribution in [0, 0.1) is 0 Å². The second-order valence-corrected chi connectivity index (χ2v) is 8.37. The van der Waals surface area contributed by atoms with E-state index in [2.05, 4.69) is 6.92 Å². The van der Waals surface area contributed by atoms with Crippen molar-refractivity contribution in [2.75, 3.05) is 6.61 Å². The maximum absolute atomic E-state index is 12.6. The molecule has 2 aromatic rings. The van der Waals surface area contributed by atoms with Crippen molar-refractivity contribution in [2.24, 2.45) is 0 Å². The molecule has 0 aliphatic rings. The van der Waals surface area contributed by atoms with Crippen LogP contribution in [0.25, 0.3) is 0 Å². The van der Waals surface area contributed by atoms with Crippen LogP contribution in [0.4, 0.5) is 0 Å². The summed E-state index contributed by atoms with van der Waals surface area (Å²) in [7, 11) is 0. The number of ether oxygens (including phenoxy) is 3. The van der Waals surface area contributed by atoms with E-state index in [1.807, 2.05) is 60.7 Å². The first-order valence-electron chi connectivity index (χ1n) is 12.5. The van der Waals surface area contributed by atoms with Gasteiger partial charge in [-0.2, -0.15) is 0 Å². The Morgan fingerprint density at radius 2 is 1.18 bits per heavy atom. The highest BCUT2D eigenvalue weighted by atomic mass is 16.6. The summed E-state index contributed by atoms with van der Waals surface area (Å²) in [6, 6.07) is 19.6. The summed E-state index contributed by atoms with van der Waals surface area (Å²) in [4.78, 5) is 12.6. The first kappa shape index (κ1) is 26.5. The first-order valence-corrected chi connectivity index (χ1v) is 12.5. The van der Waals surface area contributed by atoms with E-state index < -0.39 is 5.97 Å². The highest BCUT2D eigenvalue weighted by Crippen LogP contribution is 2.12. The Balaban J connectivity index is 1.69. The van der Waals surface area contributed by atoms with Crippen molar-refractivity contribution in [3.05, 3.63) is 83.8 Å². The predicted octanol–water partition coefficient (Wildman–Crippen LogP) is 7.73. The van der Waals surface area contributed by atoms with Gasteiger partial charge in [-0.3, -0.25) is 0 Å². The van der Waals surface area contributed by atoms with Crippen LogP contribution in [0.3, 0.4) is 0 Å². The topological polar surface area (TPSA) is 44.8 Å². The van der Waals surface area contributed by atoms with Gasteiger partial charge < -0.3 is 14.2 Å². The molecular weight excluding hydrogens is 412 g/mol. The SMILES string of the molecule is CCCCCCCCCCCCOC(=O)/C(=C\OCc1ccccc1)OCc1ccccc1. The van der Waals surface area contributed by atoms with E-state index in [4.69, 9.17) is 14.2 Å². The monoisotopic (exact) mass is 452 g/mol. The van der Waals surface area contributed by atoms with Gasteiger partial charge in [0.05, 0.1) is 6.61 Å². The third kappa shape index (κ3) is 12.8. The van der Waals surface area contributed by atoms with Crippen molar-refractivity contribution in [3.63, 3.8) is 0 Å². The molecule has 2 aromatic carbocycles. The summed E-state index contributed by atoms with van der Waals surface area (Å²) in [5.41, 5.74) is 2.00. The molecule has 180 valence electrons. The van der Waals surface area contributed by atoms with Crippen LogP contribution >= 0.6 is 0 Å². The molecule has 0 unspecified atom stereocenters. The van der Waals surface area contributed by atoms with E-state index in [-0.39, 0.29) is 12.4 Å². The van der Waals surface area contributed by atoms with Gasteiger partial charge in [0.25, 0.3) is 0 Å². The fourth-order valence-corrected chi connectivity index (χ4v) is 3.49. The average Bonchev–Trinajstić information content (AvgIpc) is 2.85. The van der Waals surface area contributed by atoms with Crippen molar-refractivity contribution in [3.8, 4) is 0 Å². The Morgan fingerprint density at radius 1 is 0.667 bits per heavy atom. The molecule has 0 bridgehead atoms. The van der Waals surface area contributed by atoms with E-state index in [1.54, 1.807) is 0 Å². The quantitative estimate of drug-likeness (QED) is 0.100. The van der Waals surface area contributed by atoms with Crippen molar-refractivity contribution >= 4 is 5.97 Å². The van der Waals surface area contributed by atoms with Gasteiger partial charge in [0.2, 0.25) is 5.76 Å². The first-order chi connectivity index (χ1) is 16.3. The Kier molecular flexibility index (Phi) is 14.3. The van der Waals surface area contributed by atoms with Crippen LogP contribution in [0.2, 0.25) is 0 Å². The fourth-order valence-electron chi connectivity index (χ4n) is 3.49. The van der Waals surface area contributed by atoms with Gasteiger partial charge in [-0.05, 0) is 17.5 Å². The number of rotatable bonds is 18. The predicted molar refractivity (Wildman–Crippen MR) is 133 cm³/mol. The minimum atomic E-state index is -0.477. The molecule has 0 saturated carbocycles. The zero-order valence-electron chi connectivity index (χ0n) is 20.2. The van der Waals surface area contributed by atoms with E-state index >= 15 is 0 Å². The highest BCUT2D eigenvalue weighted by molar-refractivity contribution is 5.85. The van der Waals surface area contributed by atoms with E-state index in [0.717, 1.165) is 24.0 Å². The van der Waals surface area contributed by atoms with Crippen molar-refractivity contribution in [1.29, 1.82) is 0 Å². The molecule has 0 fully saturated rings.